The van der Waals surface area contributed by atoms with Crippen LogP contribution in [0.2, 0.25) is 5.02 Å². The van der Waals surface area contributed by atoms with E-state index in [2.05, 4.69) is 10.2 Å². The van der Waals surface area contributed by atoms with E-state index in [1.165, 1.54) is 4.57 Å². The van der Waals surface area contributed by atoms with E-state index in [-0.39, 0.29) is 11.7 Å². The molecule has 6 heteroatoms. The number of hydrogen-bond donors (Lipinski definition) is 2. The minimum atomic E-state index is -0.352. The van der Waals surface area contributed by atoms with Gasteiger partial charge in [-0.05, 0) is 19.1 Å². The molecule has 0 fully saturated rings. The van der Waals surface area contributed by atoms with E-state index in [1.807, 2.05) is 0 Å². The summed E-state index contributed by atoms with van der Waals surface area (Å²) in [4.78, 5) is 11.6. The van der Waals surface area contributed by atoms with Gasteiger partial charge in [-0.3, -0.25) is 0 Å². The fourth-order valence-corrected chi connectivity index (χ4v) is 1.70. The highest BCUT2D eigenvalue weighted by molar-refractivity contribution is 6.32. The van der Waals surface area contributed by atoms with Gasteiger partial charge in [0.2, 0.25) is 0 Å². The van der Waals surface area contributed by atoms with Gasteiger partial charge in [-0.25, -0.2) is 14.5 Å². The van der Waals surface area contributed by atoms with Crippen molar-refractivity contribution in [1.82, 2.24) is 14.8 Å². The van der Waals surface area contributed by atoms with Crippen molar-refractivity contribution in [3.8, 4) is 5.69 Å². The summed E-state index contributed by atoms with van der Waals surface area (Å²) in [5, 5.41) is 6.72. The average Bonchev–Trinajstić information content (AvgIpc) is 2.61. The fourth-order valence-electron chi connectivity index (χ4n) is 1.48. The van der Waals surface area contributed by atoms with Crippen LogP contribution in [-0.4, -0.2) is 14.8 Å². The van der Waals surface area contributed by atoms with Crippen molar-refractivity contribution >= 4 is 11.6 Å². The zero-order chi connectivity index (χ0) is 11.7. The first kappa shape index (κ1) is 10.9. The Morgan fingerprint density at radius 3 is 2.81 bits per heavy atom. The van der Waals surface area contributed by atoms with Gasteiger partial charge in [0.05, 0.1) is 16.8 Å². The van der Waals surface area contributed by atoms with Crippen LogP contribution in [0, 0.1) is 0 Å². The van der Waals surface area contributed by atoms with E-state index in [4.69, 9.17) is 17.3 Å². The Morgan fingerprint density at radius 2 is 2.19 bits per heavy atom. The first-order valence-electron chi connectivity index (χ1n) is 4.79. The highest BCUT2D eigenvalue weighted by Gasteiger charge is 2.15. The highest BCUT2D eigenvalue weighted by Crippen LogP contribution is 2.20. The van der Waals surface area contributed by atoms with Crippen molar-refractivity contribution in [3.63, 3.8) is 0 Å². The summed E-state index contributed by atoms with van der Waals surface area (Å²) < 4.78 is 1.38. The third-order valence-electron chi connectivity index (χ3n) is 2.20. The maximum atomic E-state index is 11.6. The van der Waals surface area contributed by atoms with E-state index >= 15 is 0 Å². The lowest BCUT2D eigenvalue weighted by Gasteiger charge is -2.09. The second kappa shape index (κ2) is 4.11. The summed E-state index contributed by atoms with van der Waals surface area (Å²) in [6.07, 6.45) is 0. The third kappa shape index (κ3) is 1.75. The molecule has 84 valence electrons. The number of benzene rings is 1. The van der Waals surface area contributed by atoms with Crippen molar-refractivity contribution in [2.45, 2.75) is 13.0 Å². The van der Waals surface area contributed by atoms with Crippen molar-refractivity contribution in [3.05, 3.63) is 45.6 Å². The summed E-state index contributed by atoms with van der Waals surface area (Å²) in [7, 11) is 0. The number of aromatic nitrogens is 3. The standard InChI is InChI=1S/C10H11ClN4O/c1-6(12)9-13-14-10(16)15(9)8-5-3-2-4-7(8)11/h2-6H,12H2,1H3,(H,14,16). The van der Waals surface area contributed by atoms with Crippen LogP contribution in [0.5, 0.6) is 0 Å². The molecule has 0 saturated heterocycles. The lowest BCUT2D eigenvalue weighted by Crippen LogP contribution is -2.20. The molecule has 2 rings (SSSR count). The van der Waals surface area contributed by atoms with Gasteiger partial charge >= 0.3 is 5.69 Å². The van der Waals surface area contributed by atoms with Crippen molar-refractivity contribution in [2.24, 2.45) is 5.73 Å². The Hall–Kier alpha value is -1.59. The number of nitrogens with zero attached hydrogens (tertiary/aromatic N) is 2. The smallest absolute Gasteiger partial charge is 0.322 e. The molecule has 0 aliphatic rings. The number of para-hydroxylation sites is 1. The van der Waals surface area contributed by atoms with Crippen LogP contribution in [0.25, 0.3) is 5.69 Å². The Kier molecular flexibility index (Phi) is 2.80. The van der Waals surface area contributed by atoms with Crippen molar-refractivity contribution in [2.75, 3.05) is 0 Å². The molecular weight excluding hydrogens is 228 g/mol. The molecule has 0 radical (unpaired) electrons. The van der Waals surface area contributed by atoms with Crippen LogP contribution >= 0.6 is 11.6 Å². The van der Waals surface area contributed by atoms with Gasteiger partial charge in [0.25, 0.3) is 0 Å². The fraction of sp³-hybridized carbons (Fsp3) is 0.200. The molecule has 5 nitrogen and oxygen atoms in total. The zero-order valence-corrected chi connectivity index (χ0v) is 9.40. The van der Waals surface area contributed by atoms with E-state index in [1.54, 1.807) is 31.2 Å². The number of rotatable bonds is 2. The van der Waals surface area contributed by atoms with Crippen LogP contribution in [0.15, 0.2) is 29.1 Å². The maximum Gasteiger partial charge on any atom is 0.348 e. The summed E-state index contributed by atoms with van der Waals surface area (Å²) in [6, 6.07) is 6.69. The number of halogens is 1. The number of H-pyrrole nitrogens is 1. The van der Waals surface area contributed by atoms with E-state index in [0.29, 0.717) is 16.5 Å². The molecule has 2 aromatic rings. The normalized spacial score (nSPS) is 12.7. The van der Waals surface area contributed by atoms with Gasteiger partial charge in [0.1, 0.15) is 0 Å². The minimum Gasteiger partial charge on any atom is -0.322 e. The number of nitrogens with one attached hydrogen (secondary N) is 1. The lowest BCUT2D eigenvalue weighted by molar-refractivity contribution is 0.712. The largest absolute Gasteiger partial charge is 0.348 e. The second-order valence-electron chi connectivity index (χ2n) is 3.46. The molecule has 1 aromatic heterocycles. The van der Waals surface area contributed by atoms with Gasteiger partial charge in [0, 0.05) is 0 Å². The van der Waals surface area contributed by atoms with Crippen LogP contribution in [0.1, 0.15) is 18.8 Å². The molecule has 0 bridgehead atoms. The zero-order valence-electron chi connectivity index (χ0n) is 8.64. The predicted octanol–water partition coefficient (Wildman–Crippen LogP) is 1.23. The third-order valence-corrected chi connectivity index (χ3v) is 2.52. The summed E-state index contributed by atoms with van der Waals surface area (Å²) in [6.45, 7) is 1.75. The van der Waals surface area contributed by atoms with E-state index < -0.39 is 0 Å². The van der Waals surface area contributed by atoms with Gasteiger partial charge < -0.3 is 5.73 Å². The first-order valence-corrected chi connectivity index (χ1v) is 5.17. The SMILES string of the molecule is CC(N)c1n[nH]c(=O)n1-c1ccccc1Cl. The molecule has 0 aliphatic heterocycles. The van der Waals surface area contributed by atoms with Gasteiger partial charge in [-0.1, -0.05) is 23.7 Å². The molecule has 1 aromatic carbocycles. The molecule has 0 spiro atoms. The molecule has 3 N–H and O–H groups in total. The Labute approximate surface area is 96.8 Å². The lowest BCUT2D eigenvalue weighted by atomic mass is 10.3. The molecule has 16 heavy (non-hydrogen) atoms. The quantitative estimate of drug-likeness (QED) is 0.826. The first-order chi connectivity index (χ1) is 7.61. The second-order valence-corrected chi connectivity index (χ2v) is 3.87. The maximum absolute atomic E-state index is 11.6. The average molecular weight is 239 g/mol. The van der Waals surface area contributed by atoms with Gasteiger partial charge in [-0.2, -0.15) is 5.10 Å². The van der Waals surface area contributed by atoms with Crippen molar-refractivity contribution < 1.29 is 0 Å². The predicted molar refractivity (Wildman–Crippen MR) is 61.8 cm³/mol. The summed E-state index contributed by atoms with van der Waals surface area (Å²) >= 11 is 6.02. The van der Waals surface area contributed by atoms with Gasteiger partial charge in [0.15, 0.2) is 5.82 Å². The molecule has 1 atom stereocenters. The molecule has 0 aliphatic carbocycles. The topological polar surface area (TPSA) is 76.7 Å². The number of nitrogens with two attached hydrogens (primary N) is 1. The van der Waals surface area contributed by atoms with Crippen molar-refractivity contribution in [1.29, 1.82) is 0 Å². The van der Waals surface area contributed by atoms with Gasteiger partial charge in [-0.15, -0.1) is 0 Å². The van der Waals surface area contributed by atoms with Crippen LogP contribution < -0.4 is 11.4 Å². The van der Waals surface area contributed by atoms with Crippen LogP contribution in [-0.2, 0) is 0 Å². The van der Waals surface area contributed by atoms with E-state index in [0.717, 1.165) is 0 Å². The molecule has 0 amide bonds. The molecule has 1 heterocycles. The minimum absolute atomic E-state index is 0.347. The Morgan fingerprint density at radius 1 is 1.50 bits per heavy atom. The Bertz CT molecular complexity index is 558. The number of aromatic amines is 1. The van der Waals surface area contributed by atoms with Crippen LogP contribution in [0.3, 0.4) is 0 Å². The van der Waals surface area contributed by atoms with Crippen LogP contribution in [0.4, 0.5) is 0 Å². The molecular formula is C10H11ClN4O. The molecule has 0 saturated carbocycles. The highest BCUT2D eigenvalue weighted by atomic mass is 35.5. The Balaban J connectivity index is 2.69. The summed E-state index contributed by atoms with van der Waals surface area (Å²) in [5.41, 5.74) is 5.96. The monoisotopic (exact) mass is 238 g/mol. The summed E-state index contributed by atoms with van der Waals surface area (Å²) in [5.74, 6) is 0.457. The number of hydrogen-bond acceptors (Lipinski definition) is 3. The van der Waals surface area contributed by atoms with E-state index in [9.17, 15) is 4.79 Å². The molecule has 1 unspecified atom stereocenters.